The number of hydrogen-bond donors (Lipinski definition) is 0. The summed E-state index contributed by atoms with van der Waals surface area (Å²) in [5.41, 5.74) is 2.34. The molecule has 1 aromatic carbocycles. The van der Waals surface area contributed by atoms with Crippen LogP contribution < -0.4 is 0 Å². The maximum Gasteiger partial charge on any atom is 0.179 e. The standard InChI is InChI=1S/C16H22BrNO3S/c1-3-4-5-6-11-22(19,20)15-8-7-13(17)12(2)16(15)14-9-10-21-18-14/h7-8H,3-6,9-11H2,1-2H3. The molecule has 0 aliphatic carbocycles. The van der Waals surface area contributed by atoms with E-state index in [1.807, 2.05) is 6.92 Å². The van der Waals surface area contributed by atoms with Crippen molar-refractivity contribution in [2.75, 3.05) is 12.4 Å². The highest BCUT2D eigenvalue weighted by Gasteiger charge is 2.25. The van der Waals surface area contributed by atoms with Gasteiger partial charge in [0.05, 0.1) is 16.4 Å². The lowest BCUT2D eigenvalue weighted by Crippen LogP contribution is -2.14. The Balaban J connectivity index is 2.35. The molecule has 1 aliphatic heterocycles. The van der Waals surface area contributed by atoms with Crippen LogP contribution in [0, 0.1) is 6.92 Å². The monoisotopic (exact) mass is 387 g/mol. The first-order chi connectivity index (χ1) is 10.5. The van der Waals surface area contributed by atoms with E-state index >= 15 is 0 Å². The van der Waals surface area contributed by atoms with Crippen LogP contribution in [0.5, 0.6) is 0 Å². The number of sulfone groups is 1. The van der Waals surface area contributed by atoms with Crippen molar-refractivity contribution in [1.82, 2.24) is 0 Å². The van der Waals surface area contributed by atoms with Crippen molar-refractivity contribution in [1.29, 1.82) is 0 Å². The van der Waals surface area contributed by atoms with Gasteiger partial charge in [-0.2, -0.15) is 0 Å². The van der Waals surface area contributed by atoms with Gasteiger partial charge in [0.2, 0.25) is 0 Å². The highest BCUT2D eigenvalue weighted by Crippen LogP contribution is 2.30. The van der Waals surface area contributed by atoms with Crippen LogP contribution in [0.1, 0.15) is 50.2 Å². The van der Waals surface area contributed by atoms with Crippen LogP contribution in [0.25, 0.3) is 0 Å². The molecule has 122 valence electrons. The molecular weight excluding hydrogens is 366 g/mol. The van der Waals surface area contributed by atoms with Crippen LogP contribution in [0.3, 0.4) is 0 Å². The summed E-state index contributed by atoms with van der Waals surface area (Å²) < 4.78 is 26.3. The van der Waals surface area contributed by atoms with Crippen molar-refractivity contribution < 1.29 is 13.3 Å². The Morgan fingerprint density at radius 1 is 1.27 bits per heavy atom. The number of benzene rings is 1. The molecule has 6 heteroatoms. The van der Waals surface area contributed by atoms with Crippen LogP contribution in [-0.2, 0) is 14.7 Å². The van der Waals surface area contributed by atoms with E-state index in [1.165, 1.54) is 0 Å². The van der Waals surface area contributed by atoms with Crippen molar-refractivity contribution >= 4 is 31.5 Å². The largest absolute Gasteiger partial charge is 0.395 e. The van der Waals surface area contributed by atoms with Crippen molar-refractivity contribution in [3.05, 3.63) is 27.7 Å². The zero-order valence-corrected chi connectivity index (χ0v) is 15.5. The predicted octanol–water partition coefficient (Wildman–Crippen LogP) is 4.24. The summed E-state index contributed by atoms with van der Waals surface area (Å²) in [5.74, 6) is 0.190. The molecule has 1 aromatic rings. The summed E-state index contributed by atoms with van der Waals surface area (Å²) in [7, 11) is -3.31. The molecule has 4 nitrogen and oxygen atoms in total. The van der Waals surface area contributed by atoms with Gasteiger partial charge in [-0.3, -0.25) is 0 Å². The van der Waals surface area contributed by atoms with Gasteiger partial charge in [-0.15, -0.1) is 0 Å². The van der Waals surface area contributed by atoms with Gasteiger partial charge >= 0.3 is 0 Å². The lowest BCUT2D eigenvalue weighted by molar-refractivity contribution is 0.174. The van der Waals surface area contributed by atoms with Crippen LogP contribution >= 0.6 is 15.9 Å². The summed E-state index contributed by atoms with van der Waals surface area (Å²) in [6.07, 6.45) is 4.47. The van der Waals surface area contributed by atoms with Crippen LogP contribution in [0.4, 0.5) is 0 Å². The van der Waals surface area contributed by atoms with Gasteiger partial charge < -0.3 is 4.84 Å². The Bertz CT molecular complexity index is 668. The molecule has 22 heavy (non-hydrogen) atoms. The molecule has 0 saturated carbocycles. The third kappa shape index (κ3) is 3.90. The molecule has 0 unspecified atom stereocenters. The third-order valence-electron chi connectivity index (χ3n) is 3.86. The smallest absolute Gasteiger partial charge is 0.179 e. The summed E-state index contributed by atoms with van der Waals surface area (Å²) >= 11 is 3.48. The minimum Gasteiger partial charge on any atom is -0.395 e. The molecule has 0 aromatic heterocycles. The molecular formula is C16H22BrNO3S. The SMILES string of the molecule is CCCCCCS(=O)(=O)c1ccc(Br)c(C)c1C1=NOCC1. The maximum atomic E-state index is 12.7. The fourth-order valence-electron chi connectivity index (χ4n) is 2.59. The Morgan fingerprint density at radius 3 is 2.68 bits per heavy atom. The third-order valence-corrected chi connectivity index (χ3v) is 6.55. The molecule has 2 rings (SSSR count). The van der Waals surface area contributed by atoms with Gasteiger partial charge in [0.25, 0.3) is 0 Å². The fourth-order valence-corrected chi connectivity index (χ4v) is 4.58. The molecule has 0 saturated heterocycles. The van der Waals surface area contributed by atoms with Gasteiger partial charge in [-0.05, 0) is 31.0 Å². The molecule has 0 atom stereocenters. The van der Waals surface area contributed by atoms with Gasteiger partial charge in [0, 0.05) is 16.5 Å². The Labute approximate surface area is 141 Å². The molecule has 0 radical (unpaired) electrons. The van der Waals surface area contributed by atoms with E-state index in [1.54, 1.807) is 12.1 Å². The van der Waals surface area contributed by atoms with Crippen molar-refractivity contribution in [2.45, 2.75) is 50.8 Å². The molecule has 0 N–H and O–H groups in total. The Morgan fingerprint density at radius 2 is 2.05 bits per heavy atom. The number of hydrogen-bond acceptors (Lipinski definition) is 4. The fraction of sp³-hybridized carbons (Fsp3) is 0.562. The second kappa shape index (κ2) is 7.59. The highest BCUT2D eigenvalue weighted by molar-refractivity contribution is 9.10. The first kappa shape index (κ1) is 17.5. The van der Waals surface area contributed by atoms with E-state index < -0.39 is 9.84 Å². The normalized spacial score (nSPS) is 14.8. The second-order valence-corrected chi connectivity index (χ2v) is 8.48. The number of unbranched alkanes of at least 4 members (excludes halogenated alkanes) is 3. The molecule has 0 fully saturated rings. The average Bonchev–Trinajstić information content (AvgIpc) is 3.00. The summed E-state index contributed by atoms with van der Waals surface area (Å²) in [4.78, 5) is 5.45. The van der Waals surface area contributed by atoms with E-state index in [4.69, 9.17) is 4.84 Å². The summed E-state index contributed by atoms with van der Waals surface area (Å²) in [6, 6.07) is 3.48. The van der Waals surface area contributed by atoms with Crippen LogP contribution in [0.15, 0.2) is 26.7 Å². The van der Waals surface area contributed by atoms with Crippen LogP contribution in [-0.4, -0.2) is 26.5 Å². The zero-order chi connectivity index (χ0) is 16.2. The van der Waals surface area contributed by atoms with E-state index in [0.29, 0.717) is 29.9 Å². The quantitative estimate of drug-likeness (QED) is 0.657. The van der Waals surface area contributed by atoms with Gasteiger partial charge in [-0.25, -0.2) is 8.42 Å². The average molecular weight is 388 g/mol. The summed E-state index contributed by atoms with van der Waals surface area (Å²) in [5, 5.41) is 4.02. The lowest BCUT2D eigenvalue weighted by atomic mass is 10.0. The topological polar surface area (TPSA) is 55.7 Å². The summed E-state index contributed by atoms with van der Waals surface area (Å²) in [6.45, 7) is 4.54. The zero-order valence-electron chi connectivity index (χ0n) is 13.1. The first-order valence-corrected chi connectivity index (χ1v) is 10.1. The number of halogens is 1. The van der Waals surface area contributed by atoms with Crippen LogP contribution in [0.2, 0.25) is 0 Å². The molecule has 1 aliphatic rings. The van der Waals surface area contributed by atoms with Crippen molar-refractivity contribution in [3.63, 3.8) is 0 Å². The van der Waals surface area contributed by atoms with E-state index in [0.717, 1.165) is 35.0 Å². The second-order valence-electron chi connectivity index (χ2n) is 5.55. The van der Waals surface area contributed by atoms with E-state index in [-0.39, 0.29) is 5.75 Å². The Kier molecular flexibility index (Phi) is 6.03. The predicted molar refractivity (Wildman–Crippen MR) is 92.2 cm³/mol. The van der Waals surface area contributed by atoms with Crippen molar-refractivity contribution in [2.24, 2.45) is 5.16 Å². The maximum absolute atomic E-state index is 12.7. The van der Waals surface area contributed by atoms with Gasteiger partial charge in [0.15, 0.2) is 9.84 Å². The first-order valence-electron chi connectivity index (χ1n) is 7.68. The van der Waals surface area contributed by atoms with Gasteiger partial charge in [0.1, 0.15) is 6.61 Å². The molecule has 0 bridgehead atoms. The van der Waals surface area contributed by atoms with Gasteiger partial charge in [-0.1, -0.05) is 47.3 Å². The van der Waals surface area contributed by atoms with E-state index in [9.17, 15) is 8.42 Å². The molecule has 1 heterocycles. The Hall–Kier alpha value is -0.880. The molecule has 0 spiro atoms. The lowest BCUT2D eigenvalue weighted by Gasteiger charge is -2.14. The highest BCUT2D eigenvalue weighted by atomic mass is 79.9. The number of oxime groups is 1. The van der Waals surface area contributed by atoms with E-state index in [2.05, 4.69) is 28.0 Å². The number of rotatable bonds is 7. The minimum absolute atomic E-state index is 0.190. The minimum atomic E-state index is -3.31. The van der Waals surface area contributed by atoms with Crippen molar-refractivity contribution in [3.8, 4) is 0 Å². The molecule has 0 amide bonds. The number of nitrogens with zero attached hydrogens (tertiary/aromatic N) is 1.